The molecule has 24 heavy (non-hydrogen) atoms. The van der Waals surface area contributed by atoms with Crippen LogP contribution in [0.2, 0.25) is 0 Å². The van der Waals surface area contributed by atoms with Gasteiger partial charge in [-0.15, -0.1) is 0 Å². The average molecular weight is 338 g/mol. The van der Waals surface area contributed by atoms with Gasteiger partial charge < -0.3 is 15.5 Å². The minimum atomic E-state index is 0.0637. The summed E-state index contributed by atoms with van der Waals surface area (Å²) in [5.41, 5.74) is 5.99. The second-order valence-corrected chi connectivity index (χ2v) is 8.17. The first-order valence-electron chi connectivity index (χ1n) is 9.22. The molecule has 0 aromatic heterocycles. The molecule has 1 atom stereocenters. The minimum Gasteiger partial charge on any atom is -0.343 e. The summed E-state index contributed by atoms with van der Waals surface area (Å²) in [4.78, 5) is 30.9. The van der Waals surface area contributed by atoms with Crippen LogP contribution in [0.3, 0.4) is 0 Å². The van der Waals surface area contributed by atoms with Crippen LogP contribution in [0.4, 0.5) is 0 Å². The van der Waals surface area contributed by atoms with E-state index in [9.17, 15) is 9.59 Å². The molecular weight excluding hydrogens is 304 g/mol. The minimum absolute atomic E-state index is 0.0637. The number of piperidine rings is 1. The van der Waals surface area contributed by atoms with Gasteiger partial charge in [0.25, 0.3) is 0 Å². The monoisotopic (exact) mass is 338 g/mol. The summed E-state index contributed by atoms with van der Waals surface area (Å²) in [5.74, 6) is 0.475. The van der Waals surface area contributed by atoms with E-state index in [2.05, 4.69) is 11.8 Å². The Balaban J connectivity index is 1.78. The molecular formula is C18H34N4O2. The van der Waals surface area contributed by atoms with Crippen LogP contribution in [-0.2, 0) is 9.59 Å². The van der Waals surface area contributed by atoms with Gasteiger partial charge in [-0.2, -0.15) is 0 Å². The van der Waals surface area contributed by atoms with E-state index >= 15 is 0 Å². The normalized spacial score (nSPS) is 26.2. The molecule has 2 amide bonds. The van der Waals surface area contributed by atoms with Gasteiger partial charge >= 0.3 is 0 Å². The molecule has 2 heterocycles. The molecule has 2 N–H and O–H groups in total. The van der Waals surface area contributed by atoms with Gasteiger partial charge in [0.15, 0.2) is 0 Å². The van der Waals surface area contributed by atoms with E-state index in [1.165, 1.54) is 0 Å². The fourth-order valence-electron chi connectivity index (χ4n) is 3.64. The van der Waals surface area contributed by atoms with Crippen LogP contribution in [0, 0.1) is 11.3 Å². The number of carbonyl (C=O) groups excluding carboxylic acids is 2. The van der Waals surface area contributed by atoms with Gasteiger partial charge in [-0.3, -0.25) is 14.5 Å². The summed E-state index contributed by atoms with van der Waals surface area (Å²) in [5, 5.41) is 0. The summed E-state index contributed by atoms with van der Waals surface area (Å²) in [6.07, 6.45) is 2.62. The van der Waals surface area contributed by atoms with E-state index in [0.717, 1.165) is 32.4 Å². The maximum atomic E-state index is 12.5. The molecule has 2 rings (SSSR count). The summed E-state index contributed by atoms with van der Waals surface area (Å²) in [7, 11) is 1.87. The van der Waals surface area contributed by atoms with Gasteiger partial charge in [-0.05, 0) is 51.6 Å². The summed E-state index contributed by atoms with van der Waals surface area (Å²) < 4.78 is 0. The van der Waals surface area contributed by atoms with Crippen LogP contribution < -0.4 is 5.73 Å². The van der Waals surface area contributed by atoms with Crippen molar-refractivity contribution >= 4 is 11.8 Å². The van der Waals surface area contributed by atoms with E-state index in [-0.39, 0.29) is 29.2 Å². The molecule has 0 bridgehead atoms. The molecule has 0 aliphatic carbocycles. The highest BCUT2D eigenvalue weighted by Gasteiger charge is 2.35. The Labute approximate surface area is 146 Å². The zero-order valence-electron chi connectivity index (χ0n) is 15.8. The van der Waals surface area contributed by atoms with Gasteiger partial charge in [0.1, 0.15) is 0 Å². The summed E-state index contributed by atoms with van der Waals surface area (Å²) in [6, 6.07) is 0.226. The first-order chi connectivity index (χ1) is 11.3. The van der Waals surface area contributed by atoms with Crippen molar-refractivity contribution in [1.29, 1.82) is 0 Å². The molecule has 1 unspecified atom stereocenters. The Kier molecular flexibility index (Phi) is 6.26. The smallest absolute Gasteiger partial charge is 0.236 e. The molecule has 0 aromatic carbocycles. The first-order valence-corrected chi connectivity index (χ1v) is 9.22. The fraction of sp³-hybridized carbons (Fsp3) is 0.889. The van der Waals surface area contributed by atoms with E-state index in [4.69, 9.17) is 5.73 Å². The van der Waals surface area contributed by atoms with Crippen LogP contribution >= 0.6 is 0 Å². The van der Waals surface area contributed by atoms with Gasteiger partial charge in [0, 0.05) is 38.6 Å². The lowest BCUT2D eigenvalue weighted by molar-refractivity contribution is -0.141. The molecule has 0 aromatic rings. The van der Waals surface area contributed by atoms with E-state index in [0.29, 0.717) is 26.2 Å². The molecule has 0 saturated carbocycles. The fourth-order valence-corrected chi connectivity index (χ4v) is 3.64. The molecule has 0 spiro atoms. The molecule has 6 nitrogen and oxygen atoms in total. The third kappa shape index (κ3) is 4.48. The molecule has 138 valence electrons. The zero-order valence-corrected chi connectivity index (χ0v) is 15.8. The second-order valence-electron chi connectivity index (χ2n) is 8.17. The summed E-state index contributed by atoms with van der Waals surface area (Å²) in [6.45, 7) is 10.7. The van der Waals surface area contributed by atoms with Crippen LogP contribution in [-0.4, -0.2) is 78.9 Å². The van der Waals surface area contributed by atoms with E-state index in [1.807, 2.05) is 30.7 Å². The Morgan fingerprint density at radius 2 is 1.88 bits per heavy atom. The van der Waals surface area contributed by atoms with E-state index in [1.54, 1.807) is 0 Å². The predicted octanol–water partition coefficient (Wildman–Crippen LogP) is 0.763. The van der Waals surface area contributed by atoms with Crippen LogP contribution in [0.15, 0.2) is 0 Å². The Hall–Kier alpha value is -1.14. The van der Waals surface area contributed by atoms with Gasteiger partial charge in [-0.1, -0.05) is 6.92 Å². The lowest BCUT2D eigenvalue weighted by atomic mass is 9.90. The van der Waals surface area contributed by atoms with Crippen molar-refractivity contribution in [2.75, 3.05) is 46.3 Å². The number of likely N-dealkylation sites (tertiary alicyclic amines) is 2. The molecule has 0 radical (unpaired) electrons. The van der Waals surface area contributed by atoms with Crippen molar-refractivity contribution in [3.63, 3.8) is 0 Å². The number of rotatable bonds is 5. The molecule has 2 aliphatic heterocycles. The van der Waals surface area contributed by atoms with Gasteiger partial charge in [-0.25, -0.2) is 0 Å². The highest BCUT2D eigenvalue weighted by Crippen LogP contribution is 2.28. The molecule has 6 heteroatoms. The van der Waals surface area contributed by atoms with Crippen molar-refractivity contribution < 1.29 is 9.59 Å². The maximum absolute atomic E-state index is 12.5. The average Bonchev–Trinajstić information content (AvgIpc) is 2.95. The second kappa shape index (κ2) is 7.83. The third-order valence-corrected chi connectivity index (χ3v) is 5.81. The van der Waals surface area contributed by atoms with Crippen LogP contribution in [0.5, 0.6) is 0 Å². The highest BCUT2D eigenvalue weighted by molar-refractivity contribution is 5.81. The van der Waals surface area contributed by atoms with E-state index < -0.39 is 0 Å². The van der Waals surface area contributed by atoms with Crippen molar-refractivity contribution in [3.8, 4) is 0 Å². The Bertz CT molecular complexity index is 460. The standard InChI is InChI=1S/C18H34N4O2/c1-14(2)20(4)17(24)15-5-8-22(9-6-15)16(23)11-21-10-7-18(3,12-19)13-21/h14-15H,5-13,19H2,1-4H3. The maximum Gasteiger partial charge on any atom is 0.236 e. The topological polar surface area (TPSA) is 69.9 Å². The predicted molar refractivity (Wildman–Crippen MR) is 95.4 cm³/mol. The van der Waals surface area contributed by atoms with Gasteiger partial charge in [0.05, 0.1) is 6.54 Å². The number of amides is 2. The molecule has 2 aliphatic rings. The number of nitrogens with two attached hydrogens (primary N) is 1. The number of carbonyl (C=O) groups is 2. The van der Waals surface area contributed by atoms with Crippen molar-refractivity contribution in [2.24, 2.45) is 17.1 Å². The van der Waals surface area contributed by atoms with Crippen molar-refractivity contribution in [2.45, 2.75) is 46.1 Å². The summed E-state index contributed by atoms with van der Waals surface area (Å²) >= 11 is 0. The number of hydrogen-bond acceptors (Lipinski definition) is 4. The first kappa shape index (κ1) is 19.2. The quantitative estimate of drug-likeness (QED) is 0.804. The van der Waals surface area contributed by atoms with Crippen LogP contribution in [0.1, 0.15) is 40.0 Å². The zero-order chi connectivity index (χ0) is 17.9. The molecule has 2 fully saturated rings. The number of nitrogens with zero attached hydrogens (tertiary/aromatic N) is 3. The lowest BCUT2D eigenvalue weighted by Gasteiger charge is -2.35. The van der Waals surface area contributed by atoms with Gasteiger partial charge in [0.2, 0.25) is 11.8 Å². The van der Waals surface area contributed by atoms with Crippen molar-refractivity contribution in [1.82, 2.24) is 14.7 Å². The third-order valence-electron chi connectivity index (χ3n) is 5.81. The highest BCUT2D eigenvalue weighted by atomic mass is 16.2. The lowest BCUT2D eigenvalue weighted by Crippen LogP contribution is -2.47. The van der Waals surface area contributed by atoms with Crippen molar-refractivity contribution in [3.05, 3.63) is 0 Å². The Morgan fingerprint density at radius 3 is 2.38 bits per heavy atom. The number of hydrogen-bond donors (Lipinski definition) is 1. The molecule has 2 saturated heterocycles. The SMILES string of the molecule is CC(C)N(C)C(=O)C1CCN(C(=O)CN2CCC(C)(CN)C2)CC1. The Morgan fingerprint density at radius 1 is 1.25 bits per heavy atom. The van der Waals surface area contributed by atoms with Crippen LogP contribution in [0.25, 0.3) is 0 Å². The largest absolute Gasteiger partial charge is 0.343 e.